The summed E-state index contributed by atoms with van der Waals surface area (Å²) in [6.07, 6.45) is 0. The second-order valence-electron chi connectivity index (χ2n) is 6.83. The number of rotatable bonds is 5. The number of hydrogen-bond donors (Lipinski definition) is 2. The number of aryl methyl sites for hydroxylation is 1. The lowest BCUT2D eigenvalue weighted by atomic mass is 9.99. The summed E-state index contributed by atoms with van der Waals surface area (Å²) in [7, 11) is 3.35. The first kappa shape index (κ1) is 20.4. The summed E-state index contributed by atoms with van der Waals surface area (Å²) in [5.41, 5.74) is 4.05. The van der Waals surface area contributed by atoms with Gasteiger partial charge in [-0.05, 0) is 42.8 Å². The van der Waals surface area contributed by atoms with Crippen molar-refractivity contribution < 1.29 is 9.59 Å². The standard InChI is InChI=1S/C23H22ClN3O2/c1-15-8-4-5-9-17(15)22(28)18-13-12-16(14-19(18)24)25-20-10-6-7-11-21(20)26-23(29)27(2)3/h4-14,25H,1-3H3,(H,26,29). The molecule has 0 radical (unpaired) electrons. The first-order valence-electron chi connectivity index (χ1n) is 9.11. The predicted molar refractivity (Wildman–Crippen MR) is 118 cm³/mol. The fraction of sp³-hybridized carbons (Fsp3) is 0.130. The monoisotopic (exact) mass is 407 g/mol. The molecular weight excluding hydrogens is 386 g/mol. The minimum atomic E-state index is -0.226. The first-order chi connectivity index (χ1) is 13.9. The highest BCUT2D eigenvalue weighted by atomic mass is 35.5. The fourth-order valence-corrected chi connectivity index (χ4v) is 3.10. The quantitative estimate of drug-likeness (QED) is 0.532. The molecule has 3 aromatic rings. The highest BCUT2D eigenvalue weighted by molar-refractivity contribution is 6.35. The molecule has 29 heavy (non-hydrogen) atoms. The highest BCUT2D eigenvalue weighted by Crippen LogP contribution is 2.29. The molecule has 2 amide bonds. The van der Waals surface area contributed by atoms with E-state index in [4.69, 9.17) is 11.6 Å². The number of ketones is 1. The number of urea groups is 1. The van der Waals surface area contributed by atoms with Gasteiger partial charge >= 0.3 is 6.03 Å². The summed E-state index contributed by atoms with van der Waals surface area (Å²) >= 11 is 6.42. The van der Waals surface area contributed by atoms with E-state index in [1.54, 1.807) is 44.4 Å². The van der Waals surface area contributed by atoms with Gasteiger partial charge in [-0.15, -0.1) is 0 Å². The SMILES string of the molecule is Cc1ccccc1C(=O)c1ccc(Nc2ccccc2NC(=O)N(C)C)cc1Cl. The molecule has 0 heterocycles. The molecule has 3 aromatic carbocycles. The number of hydrogen-bond acceptors (Lipinski definition) is 3. The van der Waals surface area contributed by atoms with Crippen molar-refractivity contribution in [2.45, 2.75) is 6.92 Å². The molecular formula is C23H22ClN3O2. The lowest BCUT2D eigenvalue weighted by Crippen LogP contribution is -2.27. The van der Waals surface area contributed by atoms with Crippen LogP contribution in [0.2, 0.25) is 5.02 Å². The predicted octanol–water partition coefficient (Wildman–Crippen LogP) is 5.72. The van der Waals surface area contributed by atoms with Crippen molar-refractivity contribution in [1.29, 1.82) is 0 Å². The number of amides is 2. The smallest absolute Gasteiger partial charge is 0.321 e. The van der Waals surface area contributed by atoms with Crippen LogP contribution in [0.25, 0.3) is 0 Å². The third kappa shape index (κ3) is 4.76. The summed E-state index contributed by atoms with van der Waals surface area (Å²) < 4.78 is 0. The van der Waals surface area contributed by atoms with E-state index in [9.17, 15) is 9.59 Å². The lowest BCUT2D eigenvalue weighted by Gasteiger charge is -2.16. The Morgan fingerprint density at radius 3 is 2.17 bits per heavy atom. The first-order valence-corrected chi connectivity index (χ1v) is 9.49. The highest BCUT2D eigenvalue weighted by Gasteiger charge is 2.15. The van der Waals surface area contributed by atoms with Crippen molar-refractivity contribution in [3.63, 3.8) is 0 Å². The fourth-order valence-electron chi connectivity index (χ4n) is 2.83. The van der Waals surface area contributed by atoms with E-state index < -0.39 is 0 Å². The van der Waals surface area contributed by atoms with E-state index in [2.05, 4.69) is 10.6 Å². The Balaban J connectivity index is 1.84. The minimum absolute atomic E-state index is 0.113. The summed E-state index contributed by atoms with van der Waals surface area (Å²) in [4.78, 5) is 26.3. The Morgan fingerprint density at radius 1 is 0.862 bits per heavy atom. The van der Waals surface area contributed by atoms with Crippen LogP contribution in [0.5, 0.6) is 0 Å². The number of nitrogens with zero attached hydrogens (tertiary/aromatic N) is 1. The Bertz CT molecular complexity index is 1060. The molecule has 2 N–H and O–H groups in total. The molecule has 0 aliphatic rings. The molecule has 0 bridgehead atoms. The molecule has 5 nitrogen and oxygen atoms in total. The van der Waals surface area contributed by atoms with E-state index >= 15 is 0 Å². The third-order valence-corrected chi connectivity index (χ3v) is 4.77. The van der Waals surface area contributed by atoms with Crippen molar-refractivity contribution in [3.05, 3.63) is 88.4 Å². The maximum absolute atomic E-state index is 12.8. The van der Waals surface area contributed by atoms with E-state index in [-0.39, 0.29) is 11.8 Å². The van der Waals surface area contributed by atoms with E-state index in [0.717, 1.165) is 11.3 Å². The molecule has 0 aliphatic heterocycles. The molecule has 0 saturated carbocycles. The number of para-hydroxylation sites is 2. The van der Waals surface area contributed by atoms with Crippen LogP contribution in [0.3, 0.4) is 0 Å². The van der Waals surface area contributed by atoms with Gasteiger partial charge in [0.05, 0.1) is 16.4 Å². The molecule has 0 fully saturated rings. The minimum Gasteiger partial charge on any atom is -0.354 e. The summed E-state index contributed by atoms with van der Waals surface area (Å²) in [6.45, 7) is 1.90. The van der Waals surface area contributed by atoms with Crippen LogP contribution < -0.4 is 10.6 Å². The molecule has 0 aromatic heterocycles. The molecule has 0 aliphatic carbocycles. The van der Waals surface area contributed by atoms with Crippen molar-refractivity contribution in [3.8, 4) is 0 Å². The van der Waals surface area contributed by atoms with Crippen LogP contribution in [0, 0.1) is 6.92 Å². The van der Waals surface area contributed by atoms with Gasteiger partial charge in [-0.1, -0.05) is 48.0 Å². The molecule has 0 atom stereocenters. The van der Waals surface area contributed by atoms with Crippen molar-refractivity contribution in [2.75, 3.05) is 24.7 Å². The number of nitrogens with one attached hydrogen (secondary N) is 2. The zero-order chi connectivity index (χ0) is 21.0. The van der Waals surface area contributed by atoms with Gasteiger partial charge in [-0.25, -0.2) is 4.79 Å². The molecule has 148 valence electrons. The number of benzene rings is 3. The van der Waals surface area contributed by atoms with Gasteiger partial charge < -0.3 is 15.5 Å². The van der Waals surface area contributed by atoms with Crippen molar-refractivity contribution >= 4 is 40.5 Å². The zero-order valence-electron chi connectivity index (χ0n) is 16.5. The average molecular weight is 408 g/mol. The maximum Gasteiger partial charge on any atom is 0.321 e. The van der Waals surface area contributed by atoms with Crippen LogP contribution in [0.1, 0.15) is 21.5 Å². The molecule has 0 spiro atoms. The van der Waals surface area contributed by atoms with Crippen molar-refractivity contribution in [2.24, 2.45) is 0 Å². The largest absolute Gasteiger partial charge is 0.354 e. The Kier molecular flexibility index (Phi) is 6.20. The van der Waals surface area contributed by atoms with Crippen LogP contribution in [-0.2, 0) is 0 Å². The number of carbonyl (C=O) groups is 2. The van der Waals surface area contributed by atoms with Gasteiger partial charge in [0.1, 0.15) is 0 Å². The lowest BCUT2D eigenvalue weighted by molar-refractivity contribution is 0.103. The van der Waals surface area contributed by atoms with Gasteiger partial charge in [0.25, 0.3) is 0 Å². The molecule has 6 heteroatoms. The average Bonchev–Trinajstić information content (AvgIpc) is 2.69. The summed E-state index contributed by atoms with van der Waals surface area (Å²) in [6, 6.07) is 19.8. The Labute approximate surface area is 175 Å². The van der Waals surface area contributed by atoms with E-state index in [1.165, 1.54) is 4.90 Å². The summed E-state index contributed by atoms with van der Waals surface area (Å²) in [5, 5.41) is 6.44. The second kappa shape index (κ2) is 8.80. The zero-order valence-corrected chi connectivity index (χ0v) is 17.2. The number of anilines is 3. The van der Waals surface area contributed by atoms with Gasteiger partial charge in [-0.3, -0.25) is 4.79 Å². The topological polar surface area (TPSA) is 61.4 Å². The molecule has 3 rings (SSSR count). The number of halogens is 1. The van der Waals surface area contributed by atoms with Crippen LogP contribution in [-0.4, -0.2) is 30.8 Å². The second-order valence-corrected chi connectivity index (χ2v) is 7.24. The van der Waals surface area contributed by atoms with E-state index in [1.807, 2.05) is 43.3 Å². The number of carbonyl (C=O) groups excluding carboxylic acids is 2. The summed E-state index contributed by atoms with van der Waals surface area (Å²) in [5.74, 6) is -0.113. The maximum atomic E-state index is 12.8. The van der Waals surface area contributed by atoms with Gasteiger partial charge in [0, 0.05) is 30.9 Å². The van der Waals surface area contributed by atoms with Crippen LogP contribution in [0.4, 0.5) is 21.9 Å². The Morgan fingerprint density at radius 2 is 1.52 bits per heavy atom. The molecule has 0 saturated heterocycles. The van der Waals surface area contributed by atoms with Crippen LogP contribution >= 0.6 is 11.6 Å². The van der Waals surface area contributed by atoms with Crippen molar-refractivity contribution in [1.82, 2.24) is 4.90 Å². The van der Waals surface area contributed by atoms with E-state index in [0.29, 0.717) is 27.5 Å². The van der Waals surface area contributed by atoms with Gasteiger partial charge in [0.2, 0.25) is 0 Å². The normalized spacial score (nSPS) is 10.3. The van der Waals surface area contributed by atoms with Crippen LogP contribution in [0.15, 0.2) is 66.7 Å². The molecule has 0 unspecified atom stereocenters. The van der Waals surface area contributed by atoms with Gasteiger partial charge in [-0.2, -0.15) is 0 Å². The van der Waals surface area contributed by atoms with Gasteiger partial charge in [0.15, 0.2) is 5.78 Å². The third-order valence-electron chi connectivity index (χ3n) is 4.46. The Hall–Kier alpha value is -3.31.